The standard InChI is InChI=1S/C10H22O3.H3O3P/c1-2-3-4-5-6-10(7-11,8-12)9-13;1-4(2)3/h11-13H,2-9H2,1H3;1-3H. The van der Waals surface area contributed by atoms with Crippen molar-refractivity contribution in [1.82, 2.24) is 0 Å². The van der Waals surface area contributed by atoms with Crippen molar-refractivity contribution in [3.8, 4) is 0 Å². The fourth-order valence-electron chi connectivity index (χ4n) is 1.31. The molecule has 0 aromatic carbocycles. The molecule has 6 N–H and O–H groups in total. The molecule has 0 aromatic rings. The molecule has 0 aliphatic rings. The van der Waals surface area contributed by atoms with Gasteiger partial charge in [0.05, 0.1) is 19.8 Å². The van der Waals surface area contributed by atoms with E-state index in [9.17, 15) is 0 Å². The quantitative estimate of drug-likeness (QED) is 0.275. The molecule has 0 aliphatic heterocycles. The third-order valence-corrected chi connectivity index (χ3v) is 2.57. The molecule has 0 aromatic heterocycles. The Bertz CT molecular complexity index is 141. The minimum Gasteiger partial charge on any atom is -0.396 e. The van der Waals surface area contributed by atoms with Crippen molar-refractivity contribution >= 4 is 8.60 Å². The lowest BCUT2D eigenvalue weighted by molar-refractivity contribution is -0.00228. The lowest BCUT2D eigenvalue weighted by Crippen LogP contribution is -2.33. The Morgan fingerprint density at radius 3 is 1.53 bits per heavy atom. The van der Waals surface area contributed by atoms with Crippen molar-refractivity contribution in [2.45, 2.75) is 39.0 Å². The van der Waals surface area contributed by atoms with Crippen molar-refractivity contribution in [2.75, 3.05) is 19.8 Å². The molecule has 0 heterocycles. The highest BCUT2D eigenvalue weighted by molar-refractivity contribution is 7.38. The maximum Gasteiger partial charge on any atom is 0.324 e. The molecule has 0 radical (unpaired) electrons. The van der Waals surface area contributed by atoms with E-state index in [1.54, 1.807) is 0 Å². The van der Waals surface area contributed by atoms with Crippen LogP contribution in [0.4, 0.5) is 0 Å². The molecular formula is C10H25O6P. The van der Waals surface area contributed by atoms with Crippen molar-refractivity contribution in [1.29, 1.82) is 0 Å². The van der Waals surface area contributed by atoms with Gasteiger partial charge < -0.3 is 30.0 Å². The van der Waals surface area contributed by atoms with Gasteiger partial charge in [-0.25, -0.2) is 0 Å². The van der Waals surface area contributed by atoms with Gasteiger partial charge in [-0.15, -0.1) is 0 Å². The van der Waals surface area contributed by atoms with E-state index in [1.165, 1.54) is 12.8 Å². The molecule has 0 saturated carbocycles. The Labute approximate surface area is 104 Å². The maximum absolute atomic E-state index is 9.01. The summed E-state index contributed by atoms with van der Waals surface area (Å²) in [6.45, 7) is 1.74. The Morgan fingerprint density at radius 2 is 1.24 bits per heavy atom. The predicted octanol–water partition coefficient (Wildman–Crippen LogP) is 0.110. The summed E-state index contributed by atoms with van der Waals surface area (Å²) in [7, 11) is -2.62. The van der Waals surface area contributed by atoms with Gasteiger partial charge in [0.15, 0.2) is 0 Å². The lowest BCUT2D eigenvalue weighted by atomic mass is 9.85. The van der Waals surface area contributed by atoms with E-state index in [0.29, 0.717) is 6.42 Å². The van der Waals surface area contributed by atoms with Crippen molar-refractivity contribution in [3.05, 3.63) is 0 Å². The van der Waals surface area contributed by atoms with Gasteiger partial charge in [-0.1, -0.05) is 32.6 Å². The van der Waals surface area contributed by atoms with E-state index in [2.05, 4.69) is 6.92 Å². The molecule has 0 unspecified atom stereocenters. The molecule has 0 bridgehead atoms. The number of aliphatic hydroxyl groups is 3. The highest BCUT2D eigenvalue weighted by Crippen LogP contribution is 2.23. The van der Waals surface area contributed by atoms with E-state index in [0.717, 1.165) is 12.8 Å². The molecule has 6 nitrogen and oxygen atoms in total. The zero-order valence-electron chi connectivity index (χ0n) is 10.3. The first-order chi connectivity index (χ1) is 7.97. The fraction of sp³-hybridized carbons (Fsp3) is 1.00. The van der Waals surface area contributed by atoms with E-state index in [1.807, 2.05) is 0 Å². The molecular weight excluding hydrogens is 247 g/mol. The molecule has 0 rings (SSSR count). The molecule has 17 heavy (non-hydrogen) atoms. The highest BCUT2D eigenvalue weighted by atomic mass is 31.2. The fourth-order valence-corrected chi connectivity index (χ4v) is 1.31. The Morgan fingerprint density at radius 1 is 0.824 bits per heavy atom. The third kappa shape index (κ3) is 12.4. The van der Waals surface area contributed by atoms with Crippen LogP contribution in [0.25, 0.3) is 0 Å². The minimum absolute atomic E-state index is 0.133. The van der Waals surface area contributed by atoms with Crippen molar-refractivity contribution in [2.24, 2.45) is 5.41 Å². The van der Waals surface area contributed by atoms with Crippen molar-refractivity contribution < 1.29 is 30.0 Å². The van der Waals surface area contributed by atoms with Crippen LogP contribution in [0.5, 0.6) is 0 Å². The van der Waals surface area contributed by atoms with Crippen molar-refractivity contribution in [3.63, 3.8) is 0 Å². The molecule has 0 fully saturated rings. The minimum atomic E-state index is -2.62. The highest BCUT2D eigenvalue weighted by Gasteiger charge is 2.26. The van der Waals surface area contributed by atoms with Gasteiger partial charge in [-0.3, -0.25) is 0 Å². The van der Waals surface area contributed by atoms with Gasteiger partial charge >= 0.3 is 8.60 Å². The molecule has 0 atom stereocenters. The number of aliphatic hydroxyl groups excluding tert-OH is 3. The number of hydrogen-bond donors (Lipinski definition) is 6. The second-order valence-corrected chi connectivity index (χ2v) is 4.59. The van der Waals surface area contributed by atoms with Crippen LogP contribution in [0.15, 0.2) is 0 Å². The SMILES string of the molecule is CCCCCCC(CO)(CO)CO.OP(O)O. The van der Waals surface area contributed by atoms with Crippen LogP contribution in [0.3, 0.4) is 0 Å². The maximum atomic E-state index is 9.01. The van der Waals surface area contributed by atoms with Gasteiger partial charge in [0.25, 0.3) is 0 Å². The van der Waals surface area contributed by atoms with Gasteiger partial charge in [0.1, 0.15) is 0 Å². The van der Waals surface area contributed by atoms with Gasteiger partial charge in [0.2, 0.25) is 0 Å². The van der Waals surface area contributed by atoms with Gasteiger partial charge in [-0.05, 0) is 6.42 Å². The second-order valence-electron chi connectivity index (χ2n) is 4.05. The number of hydrogen-bond acceptors (Lipinski definition) is 6. The Balaban J connectivity index is 0. The molecule has 0 aliphatic carbocycles. The van der Waals surface area contributed by atoms with E-state index >= 15 is 0 Å². The van der Waals surface area contributed by atoms with E-state index in [4.69, 9.17) is 30.0 Å². The third-order valence-electron chi connectivity index (χ3n) is 2.57. The second kappa shape index (κ2) is 12.6. The largest absolute Gasteiger partial charge is 0.396 e. The average molecular weight is 272 g/mol. The summed E-state index contributed by atoms with van der Waals surface area (Å²) in [6.07, 6.45) is 5.13. The summed E-state index contributed by atoms with van der Waals surface area (Å²) in [5.41, 5.74) is -0.659. The lowest BCUT2D eigenvalue weighted by Gasteiger charge is -2.27. The topological polar surface area (TPSA) is 121 Å². The van der Waals surface area contributed by atoms with Crippen LogP contribution in [0, 0.1) is 5.41 Å². The smallest absolute Gasteiger partial charge is 0.324 e. The monoisotopic (exact) mass is 272 g/mol. The summed E-state index contributed by atoms with van der Waals surface area (Å²) in [6, 6.07) is 0. The zero-order valence-corrected chi connectivity index (χ0v) is 11.2. The van der Waals surface area contributed by atoms with E-state index in [-0.39, 0.29) is 19.8 Å². The van der Waals surface area contributed by atoms with Crippen LogP contribution in [0.1, 0.15) is 39.0 Å². The first kappa shape index (κ1) is 19.5. The van der Waals surface area contributed by atoms with Gasteiger partial charge in [-0.2, -0.15) is 0 Å². The van der Waals surface area contributed by atoms with Gasteiger partial charge in [0, 0.05) is 5.41 Å². The summed E-state index contributed by atoms with van der Waals surface area (Å²) < 4.78 is 0. The summed E-state index contributed by atoms with van der Waals surface area (Å²) in [4.78, 5) is 21.7. The van der Waals surface area contributed by atoms with E-state index < -0.39 is 14.0 Å². The van der Waals surface area contributed by atoms with Crippen LogP contribution < -0.4 is 0 Å². The molecule has 0 saturated heterocycles. The molecule has 0 spiro atoms. The Hall–Kier alpha value is 0.190. The summed E-state index contributed by atoms with van der Waals surface area (Å²) in [5.74, 6) is 0. The Kier molecular flexibility index (Phi) is 14.5. The van der Waals surface area contributed by atoms with Crippen LogP contribution >= 0.6 is 8.60 Å². The average Bonchev–Trinajstić information content (AvgIpc) is 2.30. The number of unbranched alkanes of at least 4 members (excludes halogenated alkanes) is 3. The van der Waals surface area contributed by atoms with Crippen LogP contribution in [-0.2, 0) is 0 Å². The molecule has 106 valence electrons. The predicted molar refractivity (Wildman–Crippen MR) is 66.0 cm³/mol. The molecule has 0 amide bonds. The summed E-state index contributed by atoms with van der Waals surface area (Å²) in [5, 5.41) is 27.0. The number of rotatable bonds is 8. The zero-order chi connectivity index (χ0) is 13.7. The normalized spacial score (nSPS) is 11.3. The first-order valence-electron chi connectivity index (χ1n) is 5.67. The first-order valence-corrected chi connectivity index (χ1v) is 6.87. The summed E-state index contributed by atoms with van der Waals surface area (Å²) >= 11 is 0. The van der Waals surface area contributed by atoms with Crippen LogP contribution in [0.2, 0.25) is 0 Å². The van der Waals surface area contributed by atoms with Crippen LogP contribution in [-0.4, -0.2) is 49.8 Å². The molecule has 7 heteroatoms.